The molecular formula is C32H35N5O2S. The van der Waals surface area contributed by atoms with Gasteiger partial charge in [-0.1, -0.05) is 23.8 Å². The summed E-state index contributed by atoms with van der Waals surface area (Å²) in [5, 5.41) is 7.04. The molecule has 1 fully saturated rings. The number of aromatic nitrogens is 2. The summed E-state index contributed by atoms with van der Waals surface area (Å²) in [6.07, 6.45) is 1.82. The molecule has 0 spiro atoms. The lowest BCUT2D eigenvalue weighted by atomic mass is 9.96. The Morgan fingerprint density at radius 2 is 1.73 bits per heavy atom. The molecule has 3 heterocycles. The monoisotopic (exact) mass is 553 g/mol. The van der Waals surface area contributed by atoms with E-state index in [1.54, 1.807) is 0 Å². The molecule has 0 radical (unpaired) electrons. The third-order valence-electron chi connectivity index (χ3n) is 7.45. The second-order valence-electron chi connectivity index (χ2n) is 10.4. The third-order valence-corrected chi connectivity index (χ3v) is 7.77. The second-order valence-corrected chi connectivity index (χ2v) is 10.8. The van der Waals surface area contributed by atoms with Crippen LogP contribution in [0.3, 0.4) is 0 Å². The lowest BCUT2D eigenvalue weighted by Gasteiger charge is -2.28. The predicted molar refractivity (Wildman–Crippen MR) is 164 cm³/mol. The minimum absolute atomic E-state index is 0.00522. The molecule has 2 atom stereocenters. The molecular weight excluding hydrogens is 518 g/mol. The van der Waals surface area contributed by atoms with Crippen LogP contribution in [0.5, 0.6) is 0 Å². The smallest absolute Gasteiger partial charge is 0.250 e. The molecule has 206 valence electrons. The molecule has 4 aromatic rings. The molecule has 1 amide bonds. The van der Waals surface area contributed by atoms with E-state index >= 15 is 0 Å². The summed E-state index contributed by atoms with van der Waals surface area (Å²) in [5.74, 6) is -0.198. The number of nitrogens with zero attached hydrogens (tertiary/aromatic N) is 3. The first kappa shape index (κ1) is 27.6. The summed E-state index contributed by atoms with van der Waals surface area (Å²) in [7, 11) is 1.50. The van der Waals surface area contributed by atoms with Crippen molar-refractivity contribution in [1.82, 2.24) is 14.9 Å². The zero-order valence-corrected chi connectivity index (χ0v) is 24.6. The van der Waals surface area contributed by atoms with Gasteiger partial charge in [-0.15, -0.1) is 0 Å². The minimum atomic E-state index is -0.198. The Balaban J connectivity index is 1.61. The summed E-state index contributed by atoms with van der Waals surface area (Å²) in [6, 6.07) is 20.2. The van der Waals surface area contributed by atoms with Gasteiger partial charge in [0.25, 0.3) is 0 Å². The molecule has 7 nitrogen and oxygen atoms in total. The molecule has 0 bridgehead atoms. The molecule has 0 aliphatic carbocycles. The number of carbonyl (C=O) groups excluding carboxylic acids is 1. The molecule has 1 saturated heterocycles. The number of amides is 1. The van der Waals surface area contributed by atoms with E-state index in [1.807, 2.05) is 48.7 Å². The molecule has 8 heteroatoms. The van der Waals surface area contributed by atoms with Crippen molar-refractivity contribution in [2.75, 3.05) is 23.9 Å². The number of thiocarbonyl (C=S) groups is 1. The van der Waals surface area contributed by atoms with Crippen LogP contribution in [-0.4, -0.2) is 34.3 Å². The van der Waals surface area contributed by atoms with Crippen LogP contribution < -0.4 is 15.5 Å². The average Bonchev–Trinajstić information content (AvgIpc) is 3.40. The molecule has 1 aliphatic rings. The summed E-state index contributed by atoms with van der Waals surface area (Å²) in [5.41, 5.74) is 11.0. The van der Waals surface area contributed by atoms with Crippen LogP contribution in [0.15, 0.2) is 66.9 Å². The molecule has 2 N–H and O–H groups in total. The van der Waals surface area contributed by atoms with E-state index in [2.05, 4.69) is 72.9 Å². The average molecular weight is 554 g/mol. The first-order valence-electron chi connectivity index (χ1n) is 13.4. The highest BCUT2D eigenvalue weighted by Gasteiger charge is 2.42. The van der Waals surface area contributed by atoms with Crippen LogP contribution in [0.4, 0.5) is 11.4 Å². The quantitative estimate of drug-likeness (QED) is 0.267. The number of nitrogens with one attached hydrogen (secondary N) is 2. The van der Waals surface area contributed by atoms with Crippen LogP contribution in [-0.2, 0) is 9.53 Å². The maximum atomic E-state index is 12.0. The highest BCUT2D eigenvalue weighted by atomic mass is 32.1. The van der Waals surface area contributed by atoms with Gasteiger partial charge in [0, 0.05) is 36.1 Å². The van der Waals surface area contributed by atoms with Gasteiger partial charge in [-0.2, -0.15) is 0 Å². The Bertz CT molecular complexity index is 1540. The fourth-order valence-corrected chi connectivity index (χ4v) is 6.28. The highest BCUT2D eigenvalue weighted by Crippen LogP contribution is 2.44. The maximum absolute atomic E-state index is 12.0. The summed E-state index contributed by atoms with van der Waals surface area (Å²) < 4.78 is 7.30. The SMILES string of the molecule is COCC(=O)Nc1ccc(N2C(=S)N[C@H](c3ccccn3)[C@@H]2c2cc(C)n(-c3c(C)cc(C)cc3C)c2C)cc1. The molecule has 2 aromatic heterocycles. The van der Waals surface area contributed by atoms with Gasteiger partial charge in [-0.3, -0.25) is 9.78 Å². The topological polar surface area (TPSA) is 71.4 Å². The summed E-state index contributed by atoms with van der Waals surface area (Å²) in [4.78, 5) is 18.9. The Kier molecular flexibility index (Phi) is 7.74. The second kappa shape index (κ2) is 11.2. The van der Waals surface area contributed by atoms with Crippen LogP contribution in [0.2, 0.25) is 0 Å². The summed E-state index contributed by atoms with van der Waals surface area (Å²) in [6.45, 7) is 10.8. The molecule has 5 rings (SSSR count). The number of rotatable bonds is 7. The molecule has 1 aliphatic heterocycles. The van der Waals surface area contributed by atoms with Gasteiger partial charge in [-0.25, -0.2) is 0 Å². The van der Waals surface area contributed by atoms with E-state index in [0.29, 0.717) is 10.8 Å². The van der Waals surface area contributed by atoms with Crippen molar-refractivity contribution in [3.05, 3.63) is 106 Å². The van der Waals surface area contributed by atoms with E-state index in [9.17, 15) is 4.79 Å². The first-order chi connectivity index (χ1) is 19.2. The Morgan fingerprint density at radius 3 is 2.35 bits per heavy atom. The number of benzene rings is 2. The number of hydrogen-bond donors (Lipinski definition) is 2. The van der Waals surface area contributed by atoms with E-state index in [1.165, 1.54) is 40.7 Å². The van der Waals surface area contributed by atoms with E-state index in [-0.39, 0.29) is 24.6 Å². The van der Waals surface area contributed by atoms with Crippen LogP contribution in [0.1, 0.15) is 51.4 Å². The van der Waals surface area contributed by atoms with E-state index < -0.39 is 0 Å². The number of aryl methyl sites for hydroxylation is 4. The predicted octanol–water partition coefficient (Wildman–Crippen LogP) is 6.18. The standard InChI is InChI=1S/C32H35N5O2S/c1-19-15-20(2)30(21(3)16-19)36-22(4)17-26(23(36)5)31-29(27-9-7-8-14-33-27)35-32(40)37(31)25-12-10-24(11-13-25)34-28(38)18-39-6/h7-17,29,31H,18H2,1-6H3,(H,34,38)(H,35,40)/t29-,31+/m1/s1. The number of anilines is 2. The van der Waals surface area contributed by atoms with Crippen molar-refractivity contribution in [2.24, 2.45) is 0 Å². The Hall–Kier alpha value is -4.01. The normalized spacial score (nSPS) is 16.8. The highest BCUT2D eigenvalue weighted by molar-refractivity contribution is 7.80. The van der Waals surface area contributed by atoms with Crippen molar-refractivity contribution in [3.63, 3.8) is 0 Å². The van der Waals surface area contributed by atoms with E-state index in [0.717, 1.165) is 17.1 Å². The van der Waals surface area contributed by atoms with Crippen molar-refractivity contribution in [3.8, 4) is 5.69 Å². The van der Waals surface area contributed by atoms with Gasteiger partial charge in [0.05, 0.1) is 23.5 Å². The largest absolute Gasteiger partial charge is 0.375 e. The van der Waals surface area contributed by atoms with Gasteiger partial charge < -0.3 is 24.8 Å². The van der Waals surface area contributed by atoms with Crippen molar-refractivity contribution < 1.29 is 9.53 Å². The minimum Gasteiger partial charge on any atom is -0.375 e. The van der Waals surface area contributed by atoms with Crippen LogP contribution >= 0.6 is 12.2 Å². The van der Waals surface area contributed by atoms with Gasteiger partial charge in [0.15, 0.2) is 5.11 Å². The third kappa shape index (κ3) is 5.12. The Labute approximate surface area is 241 Å². The number of hydrogen-bond acceptors (Lipinski definition) is 4. The molecule has 40 heavy (non-hydrogen) atoms. The van der Waals surface area contributed by atoms with Gasteiger partial charge in [0.1, 0.15) is 6.61 Å². The van der Waals surface area contributed by atoms with Crippen LogP contribution in [0.25, 0.3) is 5.69 Å². The number of carbonyl (C=O) groups is 1. The zero-order chi connectivity index (χ0) is 28.6. The first-order valence-corrected chi connectivity index (χ1v) is 13.8. The lowest BCUT2D eigenvalue weighted by Crippen LogP contribution is -2.29. The van der Waals surface area contributed by atoms with Crippen LogP contribution in [0, 0.1) is 34.6 Å². The molecule has 0 unspecified atom stereocenters. The molecule has 2 aromatic carbocycles. The van der Waals surface area contributed by atoms with Gasteiger partial charge >= 0.3 is 0 Å². The van der Waals surface area contributed by atoms with Crippen molar-refractivity contribution >= 4 is 34.6 Å². The van der Waals surface area contributed by atoms with E-state index in [4.69, 9.17) is 21.9 Å². The Morgan fingerprint density at radius 1 is 1.02 bits per heavy atom. The summed E-state index contributed by atoms with van der Waals surface area (Å²) >= 11 is 5.94. The van der Waals surface area contributed by atoms with Gasteiger partial charge in [-0.05, 0) is 106 Å². The number of methoxy groups -OCH3 is 1. The number of ether oxygens (including phenoxy) is 1. The zero-order valence-electron chi connectivity index (χ0n) is 23.8. The molecule has 0 saturated carbocycles. The maximum Gasteiger partial charge on any atom is 0.250 e. The lowest BCUT2D eigenvalue weighted by molar-refractivity contribution is -0.119. The van der Waals surface area contributed by atoms with Crippen molar-refractivity contribution in [1.29, 1.82) is 0 Å². The van der Waals surface area contributed by atoms with Crippen molar-refractivity contribution in [2.45, 2.75) is 46.7 Å². The fourth-order valence-electron chi connectivity index (χ4n) is 5.94. The van der Waals surface area contributed by atoms with Gasteiger partial charge in [0.2, 0.25) is 5.91 Å². The number of pyridine rings is 1. The fraction of sp³-hybridized carbons (Fsp3) is 0.281.